The van der Waals surface area contributed by atoms with Crippen molar-refractivity contribution in [2.45, 2.75) is 17.7 Å². The number of aryl methyl sites for hydroxylation is 1. The molecule has 4 nitrogen and oxygen atoms in total. The highest BCUT2D eigenvalue weighted by Gasteiger charge is 2.33. The van der Waals surface area contributed by atoms with Crippen molar-refractivity contribution in [3.63, 3.8) is 0 Å². The maximum Gasteiger partial charge on any atom is 0.313 e. The fraction of sp³-hybridized carbons (Fsp3) is 0.182. The first-order valence-corrected chi connectivity index (χ1v) is 10.8. The first-order valence-electron chi connectivity index (χ1n) is 9.03. The van der Waals surface area contributed by atoms with Gasteiger partial charge in [-0.3, -0.25) is 0 Å². The molecule has 0 unspecified atom stereocenters. The zero-order valence-electron chi connectivity index (χ0n) is 15.4. The minimum atomic E-state index is -3.79. The zero-order chi connectivity index (χ0) is 19.7. The van der Waals surface area contributed by atoms with E-state index in [0.717, 1.165) is 22.3 Å². The largest absolute Gasteiger partial charge is 0.313 e. The Morgan fingerprint density at radius 3 is 2.29 bits per heavy atom. The molecule has 0 atom stereocenters. The van der Waals surface area contributed by atoms with E-state index in [1.165, 1.54) is 5.06 Å². The first-order chi connectivity index (χ1) is 13.4. The Balaban J connectivity index is 1.41. The summed E-state index contributed by atoms with van der Waals surface area (Å²) in [5.41, 5.74) is 4.14. The Hall–Kier alpha value is -2.18. The molecule has 1 fully saturated rings. The van der Waals surface area contributed by atoms with Crippen LogP contribution in [-0.2, 0) is 14.4 Å². The summed E-state index contributed by atoms with van der Waals surface area (Å²) in [4.78, 5) is 0.164. The summed E-state index contributed by atoms with van der Waals surface area (Å²) in [5, 5.41) is 2.16. The van der Waals surface area contributed by atoms with E-state index in [9.17, 15) is 8.42 Å². The molecule has 4 rings (SSSR count). The molecule has 1 aliphatic heterocycles. The number of nitrogens with zero attached hydrogens (tertiary/aromatic N) is 1. The number of hydrogen-bond acceptors (Lipinski definition) is 4. The van der Waals surface area contributed by atoms with Gasteiger partial charge in [-0.2, -0.15) is 17.8 Å². The van der Waals surface area contributed by atoms with Crippen LogP contribution in [0.25, 0.3) is 11.1 Å². The SMILES string of the molecule is Cc1ccc(S(=O)(=O)ON2CC(c3ccc(-c4ccccc4)c(Cl)c3)C2)cc1. The standard InChI is InChI=1S/C22H20ClNO3S/c1-16-7-10-20(11-8-16)28(25,26)27-24-14-19(15-24)18-9-12-21(22(23)13-18)17-5-3-2-4-6-17/h2-13,19H,14-15H2,1H3. The molecule has 0 aromatic heterocycles. The second kappa shape index (κ2) is 7.68. The third kappa shape index (κ3) is 3.98. The van der Waals surface area contributed by atoms with E-state index in [1.54, 1.807) is 24.3 Å². The maximum atomic E-state index is 12.4. The quantitative estimate of drug-likeness (QED) is 0.588. The van der Waals surface area contributed by atoms with Crippen LogP contribution in [0.3, 0.4) is 0 Å². The van der Waals surface area contributed by atoms with Crippen LogP contribution in [0.4, 0.5) is 0 Å². The highest BCUT2D eigenvalue weighted by Crippen LogP contribution is 2.34. The number of hydrogen-bond donors (Lipinski definition) is 0. The lowest BCUT2D eigenvalue weighted by molar-refractivity contribution is -0.114. The molecular weight excluding hydrogens is 394 g/mol. The lowest BCUT2D eigenvalue weighted by atomic mass is 9.91. The van der Waals surface area contributed by atoms with Gasteiger partial charge in [-0.25, -0.2) is 0 Å². The van der Waals surface area contributed by atoms with E-state index in [0.29, 0.717) is 18.1 Å². The molecule has 6 heteroatoms. The van der Waals surface area contributed by atoms with E-state index in [1.807, 2.05) is 55.5 Å². The van der Waals surface area contributed by atoms with Gasteiger partial charge < -0.3 is 0 Å². The molecule has 0 aliphatic carbocycles. The van der Waals surface area contributed by atoms with Crippen LogP contribution in [0, 0.1) is 6.92 Å². The van der Waals surface area contributed by atoms with Crippen LogP contribution < -0.4 is 0 Å². The topological polar surface area (TPSA) is 46.6 Å². The Morgan fingerprint density at radius 1 is 0.964 bits per heavy atom. The van der Waals surface area contributed by atoms with E-state index in [4.69, 9.17) is 15.9 Å². The molecule has 3 aromatic carbocycles. The average molecular weight is 414 g/mol. The van der Waals surface area contributed by atoms with Gasteiger partial charge in [-0.1, -0.05) is 71.8 Å². The molecule has 0 N–H and O–H groups in total. The number of benzene rings is 3. The highest BCUT2D eigenvalue weighted by molar-refractivity contribution is 7.86. The minimum Gasteiger partial charge on any atom is -0.192 e. The smallest absolute Gasteiger partial charge is 0.192 e. The summed E-state index contributed by atoms with van der Waals surface area (Å²) in [7, 11) is -3.79. The predicted molar refractivity (Wildman–Crippen MR) is 111 cm³/mol. The van der Waals surface area contributed by atoms with Crippen molar-refractivity contribution in [2.75, 3.05) is 13.1 Å². The third-order valence-corrected chi connectivity index (χ3v) is 6.48. The molecule has 1 aliphatic rings. The fourth-order valence-electron chi connectivity index (χ4n) is 3.23. The van der Waals surface area contributed by atoms with E-state index >= 15 is 0 Å². The Bertz CT molecular complexity index is 1080. The molecule has 0 amide bonds. The Kier molecular flexibility index (Phi) is 5.25. The second-order valence-corrected chi connectivity index (χ2v) is 8.93. The Labute approximate surface area is 170 Å². The van der Waals surface area contributed by atoms with Gasteiger partial charge in [0, 0.05) is 29.6 Å². The van der Waals surface area contributed by atoms with Crippen molar-refractivity contribution in [1.29, 1.82) is 0 Å². The third-order valence-electron chi connectivity index (χ3n) is 4.91. The summed E-state index contributed by atoms with van der Waals surface area (Å²) >= 11 is 6.48. The molecule has 0 radical (unpaired) electrons. The number of rotatable bonds is 5. The van der Waals surface area contributed by atoms with Gasteiger partial charge in [0.2, 0.25) is 0 Å². The molecule has 0 bridgehead atoms. The monoisotopic (exact) mass is 413 g/mol. The van der Waals surface area contributed by atoms with Crippen molar-refractivity contribution < 1.29 is 12.7 Å². The van der Waals surface area contributed by atoms with Crippen molar-refractivity contribution in [2.24, 2.45) is 0 Å². The highest BCUT2D eigenvalue weighted by atomic mass is 35.5. The maximum absolute atomic E-state index is 12.4. The van der Waals surface area contributed by atoms with Gasteiger partial charge in [0.05, 0.1) is 4.90 Å². The van der Waals surface area contributed by atoms with Crippen LogP contribution in [0.15, 0.2) is 77.7 Å². The molecule has 1 heterocycles. The number of hydroxylamine groups is 2. The minimum absolute atomic E-state index is 0.164. The summed E-state index contributed by atoms with van der Waals surface area (Å²) in [6.45, 7) is 2.92. The molecule has 1 saturated heterocycles. The molecule has 3 aromatic rings. The summed E-state index contributed by atoms with van der Waals surface area (Å²) < 4.78 is 30.0. The van der Waals surface area contributed by atoms with Crippen LogP contribution in [-0.4, -0.2) is 26.6 Å². The van der Waals surface area contributed by atoms with Crippen molar-refractivity contribution in [3.8, 4) is 11.1 Å². The summed E-state index contributed by atoms with van der Waals surface area (Å²) in [6.07, 6.45) is 0. The van der Waals surface area contributed by atoms with E-state index in [2.05, 4.69) is 0 Å². The Morgan fingerprint density at radius 2 is 1.64 bits per heavy atom. The second-order valence-electron chi connectivity index (χ2n) is 6.99. The van der Waals surface area contributed by atoms with Crippen LogP contribution in [0.5, 0.6) is 0 Å². The van der Waals surface area contributed by atoms with Gasteiger partial charge >= 0.3 is 10.1 Å². The molecule has 0 saturated carbocycles. The molecule has 144 valence electrons. The van der Waals surface area contributed by atoms with Crippen molar-refractivity contribution >= 4 is 21.7 Å². The predicted octanol–water partition coefficient (Wildman–Crippen LogP) is 5.04. The fourth-order valence-corrected chi connectivity index (χ4v) is 4.49. The number of halogens is 1. The normalized spacial score (nSPS) is 15.4. The molecule has 28 heavy (non-hydrogen) atoms. The average Bonchev–Trinajstić information content (AvgIpc) is 2.65. The molecular formula is C22H20ClNO3S. The van der Waals surface area contributed by atoms with Gasteiger partial charge in [-0.05, 0) is 36.2 Å². The molecule has 0 spiro atoms. The van der Waals surface area contributed by atoms with Crippen LogP contribution >= 0.6 is 11.6 Å². The zero-order valence-corrected chi connectivity index (χ0v) is 17.0. The van der Waals surface area contributed by atoms with E-state index in [-0.39, 0.29) is 10.8 Å². The van der Waals surface area contributed by atoms with Gasteiger partial charge in [-0.15, -0.1) is 0 Å². The van der Waals surface area contributed by atoms with Gasteiger partial charge in [0.15, 0.2) is 0 Å². The van der Waals surface area contributed by atoms with Crippen LogP contribution in [0.2, 0.25) is 5.02 Å². The van der Waals surface area contributed by atoms with Crippen molar-refractivity contribution in [3.05, 3.63) is 88.9 Å². The van der Waals surface area contributed by atoms with E-state index < -0.39 is 10.1 Å². The lowest BCUT2D eigenvalue weighted by Gasteiger charge is -2.37. The van der Waals surface area contributed by atoms with Crippen molar-refractivity contribution in [1.82, 2.24) is 5.06 Å². The summed E-state index contributed by atoms with van der Waals surface area (Å²) in [5.74, 6) is 0.190. The van der Waals surface area contributed by atoms with Gasteiger partial charge in [0.25, 0.3) is 0 Å². The first kappa shape index (κ1) is 19.2. The van der Waals surface area contributed by atoms with Gasteiger partial charge in [0.1, 0.15) is 0 Å². The van der Waals surface area contributed by atoms with Crippen LogP contribution in [0.1, 0.15) is 17.0 Å². The lowest BCUT2D eigenvalue weighted by Crippen LogP contribution is -2.45. The summed E-state index contributed by atoms with van der Waals surface area (Å²) in [6, 6.07) is 22.6.